The maximum atomic E-state index is 12.2. The highest BCUT2D eigenvalue weighted by Crippen LogP contribution is 2.27. The first kappa shape index (κ1) is 18.4. The van der Waals surface area contributed by atoms with E-state index in [2.05, 4.69) is 4.72 Å². The first-order valence-electron chi connectivity index (χ1n) is 6.97. The average molecular weight is 366 g/mol. The molecule has 0 bridgehead atoms. The highest BCUT2D eigenvalue weighted by molar-refractivity contribution is 7.89. The number of phenolic OH excluding ortho intramolecular Hbond substituents is 1. The Morgan fingerprint density at radius 3 is 2.40 bits per heavy atom. The van der Waals surface area contributed by atoms with Crippen LogP contribution in [-0.2, 0) is 21.2 Å². The van der Waals surface area contributed by atoms with E-state index in [-0.39, 0.29) is 16.9 Å². The molecule has 1 atom stereocenters. The van der Waals surface area contributed by atoms with Crippen LogP contribution < -0.4 is 4.72 Å². The molecule has 0 saturated heterocycles. The Kier molecular flexibility index (Phi) is 5.35. The first-order valence-corrected chi connectivity index (χ1v) is 8.45. The fourth-order valence-corrected chi connectivity index (χ4v) is 3.32. The van der Waals surface area contributed by atoms with Crippen molar-refractivity contribution in [3.63, 3.8) is 0 Å². The van der Waals surface area contributed by atoms with E-state index in [1.165, 1.54) is 30.3 Å². The SMILES string of the molecule is O=C(O)C(Cc1ccc(O)c([N+](=O)[O-])c1)NS(=O)(=O)c1ccccc1. The molecule has 2 aromatic carbocycles. The van der Waals surface area contributed by atoms with Crippen LogP contribution >= 0.6 is 0 Å². The van der Waals surface area contributed by atoms with Crippen LogP contribution in [0.1, 0.15) is 5.56 Å². The van der Waals surface area contributed by atoms with Gasteiger partial charge in [0.15, 0.2) is 5.75 Å². The van der Waals surface area contributed by atoms with Crippen molar-refractivity contribution in [1.29, 1.82) is 0 Å². The van der Waals surface area contributed by atoms with Crippen LogP contribution in [0.15, 0.2) is 53.4 Å². The summed E-state index contributed by atoms with van der Waals surface area (Å²) in [6.45, 7) is 0. The number of phenols is 1. The molecular weight excluding hydrogens is 352 g/mol. The van der Waals surface area contributed by atoms with Gasteiger partial charge in [-0.3, -0.25) is 14.9 Å². The van der Waals surface area contributed by atoms with E-state index in [1.54, 1.807) is 6.07 Å². The molecule has 25 heavy (non-hydrogen) atoms. The lowest BCUT2D eigenvalue weighted by molar-refractivity contribution is -0.385. The number of nitro benzene ring substituents is 1. The van der Waals surface area contributed by atoms with Crippen molar-refractivity contribution in [3.8, 4) is 5.75 Å². The van der Waals surface area contributed by atoms with E-state index >= 15 is 0 Å². The fourth-order valence-electron chi connectivity index (χ4n) is 2.11. The molecule has 132 valence electrons. The second-order valence-electron chi connectivity index (χ2n) is 5.11. The lowest BCUT2D eigenvalue weighted by Gasteiger charge is -2.15. The number of nitrogens with zero attached hydrogens (tertiary/aromatic N) is 1. The Labute approximate surface area is 142 Å². The van der Waals surface area contributed by atoms with Gasteiger partial charge in [0.25, 0.3) is 0 Å². The molecular formula is C15H14N2O7S. The number of carbonyl (C=O) groups is 1. The summed E-state index contributed by atoms with van der Waals surface area (Å²) in [5.41, 5.74) is -0.403. The summed E-state index contributed by atoms with van der Waals surface area (Å²) in [7, 11) is -4.07. The molecule has 0 aromatic heterocycles. The summed E-state index contributed by atoms with van der Waals surface area (Å²) in [5, 5.41) is 29.5. The number of carboxylic acids is 1. The number of hydrogen-bond acceptors (Lipinski definition) is 6. The lowest BCUT2D eigenvalue weighted by Crippen LogP contribution is -2.42. The second kappa shape index (κ2) is 7.28. The molecule has 0 radical (unpaired) electrons. The zero-order valence-electron chi connectivity index (χ0n) is 12.7. The lowest BCUT2D eigenvalue weighted by atomic mass is 10.1. The third kappa shape index (κ3) is 4.52. The molecule has 0 amide bonds. The molecule has 3 N–H and O–H groups in total. The molecule has 1 unspecified atom stereocenters. The zero-order chi connectivity index (χ0) is 18.6. The predicted molar refractivity (Wildman–Crippen MR) is 86.7 cm³/mol. The maximum absolute atomic E-state index is 12.2. The molecule has 0 spiro atoms. The summed E-state index contributed by atoms with van der Waals surface area (Å²) >= 11 is 0. The number of nitrogens with one attached hydrogen (secondary N) is 1. The van der Waals surface area contributed by atoms with Gasteiger partial charge in [-0.05, 0) is 30.2 Å². The monoisotopic (exact) mass is 366 g/mol. The van der Waals surface area contributed by atoms with Crippen molar-refractivity contribution in [2.75, 3.05) is 0 Å². The number of carboxylic acid groups (broad SMARTS) is 1. The summed E-state index contributed by atoms with van der Waals surface area (Å²) in [6, 6.07) is 9.04. The number of aliphatic carboxylic acids is 1. The van der Waals surface area contributed by atoms with Crippen LogP contribution in [0.2, 0.25) is 0 Å². The largest absolute Gasteiger partial charge is 0.502 e. The third-order valence-corrected chi connectivity index (χ3v) is 4.81. The van der Waals surface area contributed by atoms with Crippen LogP contribution in [0.5, 0.6) is 5.75 Å². The Bertz CT molecular complexity index is 897. The summed E-state index contributed by atoms with van der Waals surface area (Å²) in [6.07, 6.45) is -0.331. The predicted octanol–water partition coefficient (Wildman–Crippen LogP) is 1.27. The highest BCUT2D eigenvalue weighted by atomic mass is 32.2. The molecule has 0 aliphatic rings. The number of benzene rings is 2. The molecule has 0 aliphatic heterocycles. The Morgan fingerprint density at radius 2 is 1.84 bits per heavy atom. The molecule has 0 saturated carbocycles. The third-order valence-electron chi connectivity index (χ3n) is 3.33. The minimum atomic E-state index is -4.07. The number of aromatic hydroxyl groups is 1. The van der Waals surface area contributed by atoms with Gasteiger partial charge in [0.05, 0.1) is 9.82 Å². The minimum absolute atomic E-state index is 0.0991. The number of rotatable bonds is 7. The molecule has 2 aromatic rings. The summed E-state index contributed by atoms with van der Waals surface area (Å²) in [4.78, 5) is 21.3. The van der Waals surface area contributed by atoms with Gasteiger partial charge >= 0.3 is 11.7 Å². The van der Waals surface area contributed by atoms with Crippen molar-refractivity contribution in [2.24, 2.45) is 0 Å². The van der Waals surface area contributed by atoms with Crippen molar-refractivity contribution in [3.05, 3.63) is 64.2 Å². The van der Waals surface area contributed by atoms with E-state index in [9.17, 15) is 33.5 Å². The van der Waals surface area contributed by atoms with Crippen molar-refractivity contribution >= 4 is 21.7 Å². The Hall–Kier alpha value is -2.98. The van der Waals surface area contributed by atoms with E-state index < -0.39 is 38.4 Å². The van der Waals surface area contributed by atoms with Gasteiger partial charge in [-0.2, -0.15) is 4.72 Å². The smallest absolute Gasteiger partial charge is 0.322 e. The first-order chi connectivity index (χ1) is 11.7. The van der Waals surface area contributed by atoms with Gasteiger partial charge in [-0.15, -0.1) is 0 Å². The van der Waals surface area contributed by atoms with Crippen molar-refractivity contribution < 1.29 is 28.3 Å². The van der Waals surface area contributed by atoms with Crippen LogP contribution in [0.4, 0.5) is 5.69 Å². The number of sulfonamides is 1. The quantitative estimate of drug-likeness (QED) is 0.494. The Balaban J connectivity index is 2.27. The molecule has 0 heterocycles. The van der Waals surface area contributed by atoms with Gasteiger partial charge in [0.2, 0.25) is 10.0 Å². The van der Waals surface area contributed by atoms with Gasteiger partial charge in [-0.1, -0.05) is 24.3 Å². The van der Waals surface area contributed by atoms with Crippen molar-refractivity contribution in [1.82, 2.24) is 4.72 Å². The molecule has 0 fully saturated rings. The van der Waals surface area contributed by atoms with E-state index in [0.717, 1.165) is 12.1 Å². The molecule has 10 heteroatoms. The van der Waals surface area contributed by atoms with Gasteiger partial charge in [-0.25, -0.2) is 8.42 Å². The number of nitro groups is 1. The summed E-state index contributed by atoms with van der Waals surface area (Å²) < 4.78 is 26.5. The molecule has 9 nitrogen and oxygen atoms in total. The topological polar surface area (TPSA) is 147 Å². The van der Waals surface area contributed by atoms with Gasteiger partial charge in [0, 0.05) is 6.07 Å². The van der Waals surface area contributed by atoms with Crippen molar-refractivity contribution in [2.45, 2.75) is 17.4 Å². The van der Waals surface area contributed by atoms with Crippen LogP contribution in [0.25, 0.3) is 0 Å². The number of hydrogen-bond donors (Lipinski definition) is 3. The maximum Gasteiger partial charge on any atom is 0.322 e. The average Bonchev–Trinajstić information content (AvgIpc) is 2.56. The van der Waals surface area contributed by atoms with E-state index in [4.69, 9.17) is 0 Å². The standard InChI is InChI=1S/C15H14N2O7S/c18-14-7-6-10(9-13(14)17(21)22)8-12(15(19)20)16-25(23,24)11-4-2-1-3-5-11/h1-7,9,12,16,18H,8H2,(H,19,20). The van der Waals surface area contributed by atoms with Crippen LogP contribution in [0.3, 0.4) is 0 Å². The zero-order valence-corrected chi connectivity index (χ0v) is 13.5. The Morgan fingerprint density at radius 1 is 1.20 bits per heavy atom. The van der Waals surface area contributed by atoms with E-state index in [0.29, 0.717) is 0 Å². The fraction of sp³-hybridized carbons (Fsp3) is 0.133. The van der Waals surface area contributed by atoms with Crippen LogP contribution in [-0.4, -0.2) is 35.6 Å². The highest BCUT2D eigenvalue weighted by Gasteiger charge is 2.26. The summed E-state index contributed by atoms with van der Waals surface area (Å²) in [5.74, 6) is -2.00. The normalized spacial score (nSPS) is 12.5. The van der Waals surface area contributed by atoms with E-state index in [1.807, 2.05) is 0 Å². The molecule has 2 rings (SSSR count). The second-order valence-corrected chi connectivity index (χ2v) is 6.82. The molecule has 0 aliphatic carbocycles. The van der Waals surface area contributed by atoms with Gasteiger partial charge in [0.1, 0.15) is 6.04 Å². The minimum Gasteiger partial charge on any atom is -0.502 e. The van der Waals surface area contributed by atoms with Gasteiger partial charge < -0.3 is 10.2 Å². The van der Waals surface area contributed by atoms with Crippen LogP contribution in [0, 0.1) is 10.1 Å².